The highest BCUT2D eigenvalue weighted by Crippen LogP contribution is 2.36. The van der Waals surface area contributed by atoms with Crippen LogP contribution in [0, 0.1) is 0 Å². The van der Waals surface area contributed by atoms with Gasteiger partial charge in [-0.15, -0.1) is 0 Å². The van der Waals surface area contributed by atoms with Gasteiger partial charge in [-0.25, -0.2) is 9.78 Å². The average molecular weight is 449 g/mol. The number of pyridine rings is 1. The van der Waals surface area contributed by atoms with Crippen molar-refractivity contribution in [2.24, 2.45) is 4.99 Å². The molecule has 1 aliphatic carbocycles. The molecule has 2 amide bonds. The molecule has 174 valence electrons. The number of nitrogens with zero attached hydrogens (tertiary/aromatic N) is 3. The lowest BCUT2D eigenvalue weighted by molar-refractivity contribution is 0.173. The lowest BCUT2D eigenvalue weighted by Gasteiger charge is -2.47. The molecule has 3 aliphatic rings. The SMILES string of the molecule is COc1cccc(CNC(=O)N2CCC[C@@]3(C2)Nc2cccnc2NC3=NC2CCCC2)c1. The maximum Gasteiger partial charge on any atom is 0.317 e. The number of benzene rings is 1. The van der Waals surface area contributed by atoms with Crippen LogP contribution in [-0.2, 0) is 6.54 Å². The molecule has 0 unspecified atom stereocenters. The molecule has 0 bridgehead atoms. The highest BCUT2D eigenvalue weighted by atomic mass is 16.5. The van der Waals surface area contributed by atoms with Gasteiger partial charge in [-0.2, -0.15) is 0 Å². The third kappa shape index (κ3) is 4.60. The van der Waals surface area contributed by atoms with E-state index in [4.69, 9.17) is 9.73 Å². The molecule has 0 radical (unpaired) electrons. The van der Waals surface area contributed by atoms with E-state index in [1.807, 2.05) is 41.3 Å². The van der Waals surface area contributed by atoms with Crippen LogP contribution in [0.3, 0.4) is 0 Å². The summed E-state index contributed by atoms with van der Waals surface area (Å²) in [6, 6.07) is 12.0. The fourth-order valence-electron chi connectivity index (χ4n) is 5.12. The normalized spacial score (nSPS) is 23.7. The molecule has 8 heteroatoms. The van der Waals surface area contributed by atoms with Gasteiger partial charge in [0, 0.05) is 19.3 Å². The molecule has 3 heterocycles. The summed E-state index contributed by atoms with van der Waals surface area (Å²) in [5.74, 6) is 2.52. The number of likely N-dealkylation sites (tertiary alicyclic amines) is 1. The van der Waals surface area contributed by atoms with Crippen molar-refractivity contribution in [1.82, 2.24) is 15.2 Å². The number of rotatable bonds is 4. The number of hydrogen-bond acceptors (Lipinski definition) is 5. The molecule has 1 spiro atoms. The molecule has 2 aromatic rings. The van der Waals surface area contributed by atoms with Gasteiger partial charge in [0.05, 0.1) is 25.4 Å². The Labute approximate surface area is 194 Å². The molecular weight excluding hydrogens is 416 g/mol. The lowest BCUT2D eigenvalue weighted by Crippen LogP contribution is -2.63. The van der Waals surface area contributed by atoms with Crippen molar-refractivity contribution < 1.29 is 9.53 Å². The van der Waals surface area contributed by atoms with Gasteiger partial charge in [0.2, 0.25) is 0 Å². The molecule has 8 nitrogen and oxygen atoms in total. The second kappa shape index (κ2) is 9.29. The second-order valence-electron chi connectivity index (χ2n) is 9.18. The van der Waals surface area contributed by atoms with E-state index < -0.39 is 5.54 Å². The van der Waals surface area contributed by atoms with Gasteiger partial charge in [-0.1, -0.05) is 25.0 Å². The van der Waals surface area contributed by atoms with Gasteiger partial charge < -0.3 is 25.6 Å². The lowest BCUT2D eigenvalue weighted by atomic mass is 9.85. The molecule has 1 saturated heterocycles. The summed E-state index contributed by atoms with van der Waals surface area (Å²) in [6.07, 6.45) is 8.32. The Kier molecular flexibility index (Phi) is 6.07. The Morgan fingerprint density at radius 3 is 3.00 bits per heavy atom. The molecule has 5 rings (SSSR count). The monoisotopic (exact) mass is 448 g/mol. The number of ether oxygens (including phenoxy) is 1. The number of nitrogens with one attached hydrogen (secondary N) is 3. The van der Waals surface area contributed by atoms with Crippen LogP contribution < -0.4 is 20.7 Å². The van der Waals surface area contributed by atoms with Gasteiger partial charge in [0.25, 0.3) is 0 Å². The summed E-state index contributed by atoms with van der Waals surface area (Å²) in [5.41, 5.74) is 1.54. The summed E-state index contributed by atoms with van der Waals surface area (Å²) in [5, 5.41) is 10.3. The zero-order chi connectivity index (χ0) is 22.7. The number of carbonyl (C=O) groups excluding carboxylic acids is 1. The predicted molar refractivity (Wildman–Crippen MR) is 130 cm³/mol. The van der Waals surface area contributed by atoms with Crippen LogP contribution >= 0.6 is 0 Å². The van der Waals surface area contributed by atoms with Gasteiger partial charge >= 0.3 is 6.03 Å². The first-order valence-corrected chi connectivity index (χ1v) is 11.9. The number of urea groups is 1. The van der Waals surface area contributed by atoms with E-state index in [0.29, 0.717) is 19.1 Å². The minimum absolute atomic E-state index is 0.0594. The number of anilines is 2. The first kappa shape index (κ1) is 21.6. The third-order valence-corrected chi connectivity index (χ3v) is 6.87. The molecule has 33 heavy (non-hydrogen) atoms. The number of piperidine rings is 1. The van der Waals surface area contributed by atoms with Crippen molar-refractivity contribution in [2.45, 2.75) is 56.7 Å². The number of aromatic nitrogens is 1. The van der Waals surface area contributed by atoms with E-state index in [1.54, 1.807) is 13.3 Å². The van der Waals surface area contributed by atoms with Gasteiger partial charge in [-0.3, -0.25) is 4.99 Å². The Hall–Kier alpha value is -3.29. The van der Waals surface area contributed by atoms with E-state index in [0.717, 1.165) is 60.9 Å². The summed E-state index contributed by atoms with van der Waals surface area (Å²) in [6.45, 7) is 1.74. The minimum Gasteiger partial charge on any atom is -0.497 e. The number of amidine groups is 1. The first-order valence-electron chi connectivity index (χ1n) is 11.9. The Morgan fingerprint density at radius 2 is 2.15 bits per heavy atom. The van der Waals surface area contributed by atoms with E-state index in [1.165, 1.54) is 12.8 Å². The summed E-state index contributed by atoms with van der Waals surface area (Å²) in [4.78, 5) is 24.7. The molecule has 1 aromatic heterocycles. The van der Waals surface area contributed by atoms with Gasteiger partial charge in [-0.05, 0) is 55.5 Å². The maximum absolute atomic E-state index is 13.1. The van der Waals surface area contributed by atoms with Crippen LogP contribution in [0.4, 0.5) is 16.3 Å². The Balaban J connectivity index is 1.34. The van der Waals surface area contributed by atoms with Crippen LogP contribution in [0.5, 0.6) is 5.75 Å². The molecule has 1 atom stereocenters. The smallest absolute Gasteiger partial charge is 0.317 e. The van der Waals surface area contributed by atoms with Crippen molar-refractivity contribution in [3.63, 3.8) is 0 Å². The highest BCUT2D eigenvalue weighted by molar-refractivity contribution is 6.09. The average Bonchev–Trinajstić information content (AvgIpc) is 3.36. The van der Waals surface area contributed by atoms with Crippen LogP contribution in [0.2, 0.25) is 0 Å². The van der Waals surface area contributed by atoms with Crippen molar-refractivity contribution >= 4 is 23.4 Å². The van der Waals surface area contributed by atoms with Crippen molar-refractivity contribution in [3.8, 4) is 5.75 Å². The van der Waals surface area contributed by atoms with Crippen molar-refractivity contribution in [1.29, 1.82) is 0 Å². The molecule has 2 aliphatic heterocycles. The summed E-state index contributed by atoms with van der Waals surface area (Å²) in [7, 11) is 1.65. The zero-order valence-corrected chi connectivity index (χ0v) is 19.1. The number of fused-ring (bicyclic) bond motifs is 1. The summed E-state index contributed by atoms with van der Waals surface area (Å²) >= 11 is 0. The van der Waals surface area contributed by atoms with E-state index in [9.17, 15) is 4.79 Å². The number of methoxy groups -OCH3 is 1. The first-order chi connectivity index (χ1) is 16.1. The predicted octanol–water partition coefficient (Wildman–Crippen LogP) is 4.01. The number of aliphatic imine (C=N–C) groups is 1. The highest BCUT2D eigenvalue weighted by Gasteiger charge is 2.45. The standard InChI is InChI=1S/C25H32N6O2/c1-33-20-10-4-7-18(15-20)16-27-24(32)31-14-6-12-25(17-31)23(28-19-8-2-3-9-19)29-22-21(30-25)11-5-13-26-22/h4-5,7,10-11,13,15,19,30H,2-3,6,8-9,12,14,16-17H2,1H3,(H,27,32)(H,26,28,29)/t25-/m0/s1. The van der Waals surface area contributed by atoms with E-state index >= 15 is 0 Å². The molecular formula is C25H32N6O2. The fraction of sp³-hybridized carbons (Fsp3) is 0.480. The topological polar surface area (TPSA) is 90.9 Å². The van der Waals surface area contributed by atoms with Crippen LogP contribution in [0.25, 0.3) is 0 Å². The fourth-order valence-corrected chi connectivity index (χ4v) is 5.12. The Bertz CT molecular complexity index is 1040. The van der Waals surface area contributed by atoms with E-state index in [-0.39, 0.29) is 6.03 Å². The van der Waals surface area contributed by atoms with Crippen LogP contribution in [0.1, 0.15) is 44.1 Å². The number of carbonyl (C=O) groups is 1. The van der Waals surface area contributed by atoms with Gasteiger partial charge in [0.15, 0.2) is 5.82 Å². The van der Waals surface area contributed by atoms with E-state index in [2.05, 4.69) is 20.9 Å². The van der Waals surface area contributed by atoms with Gasteiger partial charge in [0.1, 0.15) is 17.1 Å². The molecule has 1 aromatic carbocycles. The molecule has 3 N–H and O–H groups in total. The third-order valence-electron chi connectivity index (χ3n) is 6.87. The number of amides is 2. The minimum atomic E-state index is -0.426. The summed E-state index contributed by atoms with van der Waals surface area (Å²) < 4.78 is 5.29. The second-order valence-corrected chi connectivity index (χ2v) is 9.18. The van der Waals surface area contributed by atoms with Crippen LogP contribution in [-0.4, -0.2) is 53.5 Å². The molecule has 1 saturated carbocycles. The van der Waals surface area contributed by atoms with Crippen molar-refractivity contribution in [3.05, 3.63) is 48.2 Å². The van der Waals surface area contributed by atoms with Crippen molar-refractivity contribution in [2.75, 3.05) is 30.8 Å². The maximum atomic E-state index is 13.1. The number of hydrogen-bond donors (Lipinski definition) is 3. The zero-order valence-electron chi connectivity index (χ0n) is 19.1. The van der Waals surface area contributed by atoms with Crippen LogP contribution in [0.15, 0.2) is 47.6 Å². The quantitative estimate of drug-likeness (QED) is 0.657. The largest absolute Gasteiger partial charge is 0.497 e. The Morgan fingerprint density at radius 1 is 1.27 bits per heavy atom. The molecule has 2 fully saturated rings.